The minimum atomic E-state index is -4.10. The zero-order valence-corrected chi connectivity index (χ0v) is 18.0. The molecule has 0 spiro atoms. The maximum Gasteiger partial charge on any atom is 0.401 e. The van der Waals surface area contributed by atoms with Crippen LogP contribution in [0, 0.1) is 5.92 Å². The third-order valence-electron chi connectivity index (χ3n) is 4.42. The van der Waals surface area contributed by atoms with Gasteiger partial charge in [-0.25, -0.2) is 4.99 Å². The maximum atomic E-state index is 12.4. The summed E-state index contributed by atoms with van der Waals surface area (Å²) in [5, 5.41) is 6.51. The monoisotopic (exact) mass is 499 g/mol. The zero-order chi connectivity index (χ0) is 18.8. The second kappa shape index (κ2) is 12.4. The molecule has 9 heteroatoms. The highest BCUT2D eigenvalue weighted by atomic mass is 127. The molecule has 1 saturated heterocycles. The maximum absolute atomic E-state index is 12.4. The SMILES string of the molecule is CCNC(=NCc1ccccn1)NCCC1CCN(CC(F)(F)F)CC1.I. The topological polar surface area (TPSA) is 52.6 Å². The minimum Gasteiger partial charge on any atom is -0.357 e. The Morgan fingerprint density at radius 1 is 1.26 bits per heavy atom. The molecule has 0 radical (unpaired) electrons. The van der Waals surface area contributed by atoms with Gasteiger partial charge in [-0.3, -0.25) is 9.88 Å². The van der Waals surface area contributed by atoms with Gasteiger partial charge in [0.2, 0.25) is 0 Å². The molecule has 2 heterocycles. The Kier molecular flexibility index (Phi) is 11.0. The fourth-order valence-corrected chi connectivity index (χ4v) is 3.07. The Morgan fingerprint density at radius 3 is 2.59 bits per heavy atom. The van der Waals surface area contributed by atoms with Crippen molar-refractivity contribution in [3.05, 3.63) is 30.1 Å². The molecule has 1 aliphatic heterocycles. The standard InChI is InChI=1S/C18H28F3N5.HI/c1-2-22-17(25-13-16-5-3-4-9-23-16)24-10-6-15-7-11-26(12-8-15)14-18(19,20)21;/h3-5,9,15H,2,6-8,10-14H2,1H3,(H2,22,24,25);1H. The van der Waals surface area contributed by atoms with Crippen molar-refractivity contribution in [2.75, 3.05) is 32.7 Å². The number of rotatable bonds is 7. The third kappa shape index (κ3) is 10.1. The van der Waals surface area contributed by atoms with E-state index in [1.807, 2.05) is 25.1 Å². The lowest BCUT2D eigenvalue weighted by molar-refractivity contribution is -0.148. The van der Waals surface area contributed by atoms with Crippen LogP contribution < -0.4 is 10.6 Å². The first kappa shape index (κ1) is 23.9. The Bertz CT molecular complexity index is 546. The third-order valence-corrected chi connectivity index (χ3v) is 4.42. The van der Waals surface area contributed by atoms with E-state index in [1.54, 1.807) is 6.20 Å². The van der Waals surface area contributed by atoms with Crippen molar-refractivity contribution in [2.45, 2.75) is 38.9 Å². The van der Waals surface area contributed by atoms with Crippen molar-refractivity contribution in [1.29, 1.82) is 0 Å². The van der Waals surface area contributed by atoms with Gasteiger partial charge in [-0.1, -0.05) is 6.07 Å². The molecule has 0 atom stereocenters. The molecule has 1 aromatic heterocycles. The molecule has 5 nitrogen and oxygen atoms in total. The summed E-state index contributed by atoms with van der Waals surface area (Å²) in [4.78, 5) is 10.3. The van der Waals surface area contributed by atoms with Crippen LogP contribution in [0.4, 0.5) is 13.2 Å². The average Bonchev–Trinajstić information content (AvgIpc) is 2.61. The van der Waals surface area contributed by atoms with Gasteiger partial charge in [0.05, 0.1) is 18.8 Å². The number of likely N-dealkylation sites (tertiary alicyclic amines) is 1. The van der Waals surface area contributed by atoms with Crippen LogP contribution in [0.1, 0.15) is 31.9 Å². The molecule has 1 aliphatic rings. The van der Waals surface area contributed by atoms with Crippen molar-refractivity contribution in [3.63, 3.8) is 0 Å². The summed E-state index contributed by atoms with van der Waals surface area (Å²) in [6, 6.07) is 5.74. The zero-order valence-electron chi connectivity index (χ0n) is 15.6. The number of pyridine rings is 1. The smallest absolute Gasteiger partial charge is 0.357 e. The van der Waals surface area contributed by atoms with Gasteiger partial charge in [0.1, 0.15) is 0 Å². The van der Waals surface area contributed by atoms with Crippen molar-refractivity contribution in [1.82, 2.24) is 20.5 Å². The molecule has 2 rings (SSSR count). The predicted octanol–water partition coefficient (Wildman–Crippen LogP) is 3.42. The summed E-state index contributed by atoms with van der Waals surface area (Å²) < 4.78 is 37.3. The van der Waals surface area contributed by atoms with E-state index < -0.39 is 12.7 Å². The number of piperidine rings is 1. The predicted molar refractivity (Wildman–Crippen MR) is 112 cm³/mol. The minimum absolute atomic E-state index is 0. The van der Waals surface area contributed by atoms with Crippen molar-refractivity contribution in [3.8, 4) is 0 Å². The van der Waals surface area contributed by atoms with E-state index in [-0.39, 0.29) is 24.0 Å². The molecule has 1 fully saturated rings. The number of nitrogens with one attached hydrogen (secondary N) is 2. The number of hydrogen-bond donors (Lipinski definition) is 2. The first-order valence-electron chi connectivity index (χ1n) is 9.17. The average molecular weight is 499 g/mol. The second-order valence-electron chi connectivity index (χ2n) is 6.57. The Hall–Kier alpha value is -1.10. The number of nitrogens with zero attached hydrogens (tertiary/aromatic N) is 3. The van der Waals surface area contributed by atoms with Gasteiger partial charge >= 0.3 is 6.18 Å². The Balaban J connectivity index is 0.00000364. The molecule has 154 valence electrons. The molecule has 0 amide bonds. The van der Waals surface area contributed by atoms with Crippen LogP contribution >= 0.6 is 24.0 Å². The first-order chi connectivity index (χ1) is 12.5. The van der Waals surface area contributed by atoms with Crippen LogP contribution in [0.3, 0.4) is 0 Å². The molecular formula is C18H29F3IN5. The molecule has 0 unspecified atom stereocenters. The van der Waals surface area contributed by atoms with E-state index in [1.165, 1.54) is 4.90 Å². The van der Waals surface area contributed by atoms with Crippen LogP contribution in [-0.4, -0.2) is 54.7 Å². The van der Waals surface area contributed by atoms with Crippen LogP contribution in [-0.2, 0) is 6.54 Å². The molecule has 0 bridgehead atoms. The quantitative estimate of drug-likeness (QED) is 0.343. The van der Waals surface area contributed by atoms with Gasteiger partial charge in [-0.15, -0.1) is 24.0 Å². The summed E-state index contributed by atoms with van der Waals surface area (Å²) in [7, 11) is 0. The van der Waals surface area contributed by atoms with Crippen LogP contribution in [0.25, 0.3) is 0 Å². The van der Waals surface area contributed by atoms with Crippen LogP contribution in [0.15, 0.2) is 29.4 Å². The fourth-order valence-electron chi connectivity index (χ4n) is 3.07. The van der Waals surface area contributed by atoms with Gasteiger partial charge < -0.3 is 10.6 Å². The molecule has 0 saturated carbocycles. The lowest BCUT2D eigenvalue weighted by Gasteiger charge is -2.32. The number of hydrogen-bond acceptors (Lipinski definition) is 3. The van der Waals surface area contributed by atoms with Crippen molar-refractivity contribution < 1.29 is 13.2 Å². The van der Waals surface area contributed by atoms with Crippen LogP contribution in [0.2, 0.25) is 0 Å². The molecular weight excluding hydrogens is 470 g/mol. The van der Waals surface area contributed by atoms with E-state index >= 15 is 0 Å². The second-order valence-corrected chi connectivity index (χ2v) is 6.57. The van der Waals surface area contributed by atoms with Gasteiger partial charge in [-0.2, -0.15) is 13.2 Å². The highest BCUT2D eigenvalue weighted by molar-refractivity contribution is 14.0. The van der Waals surface area contributed by atoms with E-state index in [2.05, 4.69) is 20.6 Å². The number of halogens is 4. The van der Waals surface area contributed by atoms with Crippen molar-refractivity contribution >= 4 is 29.9 Å². The van der Waals surface area contributed by atoms with Gasteiger partial charge in [0.25, 0.3) is 0 Å². The normalized spacial score (nSPS) is 16.7. The molecule has 27 heavy (non-hydrogen) atoms. The van der Waals surface area contributed by atoms with E-state index in [9.17, 15) is 13.2 Å². The highest BCUT2D eigenvalue weighted by Gasteiger charge is 2.32. The molecule has 0 aromatic carbocycles. The lowest BCUT2D eigenvalue weighted by Crippen LogP contribution is -2.41. The number of aliphatic imine (C=N–C) groups is 1. The summed E-state index contributed by atoms with van der Waals surface area (Å²) in [6.45, 7) is 4.31. The lowest BCUT2D eigenvalue weighted by atomic mass is 9.93. The summed E-state index contributed by atoms with van der Waals surface area (Å²) >= 11 is 0. The summed E-state index contributed by atoms with van der Waals surface area (Å²) in [5.41, 5.74) is 0.904. The van der Waals surface area contributed by atoms with Gasteiger partial charge in [0.15, 0.2) is 5.96 Å². The number of alkyl halides is 3. The van der Waals surface area contributed by atoms with E-state index in [0.717, 1.165) is 44.0 Å². The number of guanidine groups is 1. The summed E-state index contributed by atoms with van der Waals surface area (Å²) in [6.07, 6.45) is 0.224. The Labute approximate surface area is 176 Å². The molecule has 1 aromatic rings. The molecule has 0 aliphatic carbocycles. The summed E-state index contributed by atoms with van der Waals surface area (Å²) in [5.74, 6) is 1.21. The first-order valence-corrected chi connectivity index (χ1v) is 9.17. The van der Waals surface area contributed by atoms with Crippen molar-refractivity contribution in [2.24, 2.45) is 10.9 Å². The van der Waals surface area contributed by atoms with Gasteiger partial charge in [-0.05, 0) is 57.3 Å². The highest BCUT2D eigenvalue weighted by Crippen LogP contribution is 2.23. The van der Waals surface area contributed by atoms with Crippen LogP contribution in [0.5, 0.6) is 0 Å². The van der Waals surface area contributed by atoms with E-state index in [0.29, 0.717) is 25.6 Å². The number of aromatic nitrogens is 1. The Morgan fingerprint density at radius 2 is 2.00 bits per heavy atom. The van der Waals surface area contributed by atoms with E-state index in [4.69, 9.17) is 0 Å². The fraction of sp³-hybridized carbons (Fsp3) is 0.667. The molecule has 2 N–H and O–H groups in total. The largest absolute Gasteiger partial charge is 0.401 e. The van der Waals surface area contributed by atoms with Gasteiger partial charge in [0, 0.05) is 19.3 Å².